The number of rotatable bonds is 5. The van der Waals surface area contributed by atoms with E-state index in [1.54, 1.807) is 18.2 Å². The fraction of sp³-hybridized carbons (Fsp3) is 0.467. The van der Waals surface area contributed by atoms with Gasteiger partial charge in [-0.05, 0) is 42.5 Å². The molecule has 1 aromatic carbocycles. The maximum Gasteiger partial charge on any atom is 0.241 e. The highest BCUT2D eigenvalue weighted by Crippen LogP contribution is 2.36. The number of ether oxygens (including phenoxy) is 1. The van der Waals surface area contributed by atoms with Crippen LogP contribution in [-0.2, 0) is 40.1 Å². The van der Waals surface area contributed by atoms with Gasteiger partial charge in [-0.3, -0.25) is 0 Å². The number of benzene rings is 1. The molecule has 0 unspecified atom stereocenters. The lowest BCUT2D eigenvalue weighted by Crippen LogP contribution is -2.44. The second kappa shape index (κ2) is 5.62. The molecule has 1 saturated carbocycles. The van der Waals surface area contributed by atoms with Crippen molar-refractivity contribution < 1.29 is 17.7 Å². The monoisotopic (exact) mass is 350 g/mol. The maximum absolute atomic E-state index is 12.4. The molecule has 2 aromatic rings. The van der Waals surface area contributed by atoms with Gasteiger partial charge in [0.25, 0.3) is 0 Å². The van der Waals surface area contributed by atoms with Crippen molar-refractivity contribution in [2.24, 2.45) is 5.73 Å². The third kappa shape index (κ3) is 2.73. The van der Waals surface area contributed by atoms with E-state index >= 15 is 0 Å². The van der Waals surface area contributed by atoms with E-state index in [1.807, 2.05) is 0 Å². The molecule has 2 heterocycles. The van der Waals surface area contributed by atoms with E-state index in [1.165, 1.54) is 0 Å². The fourth-order valence-electron chi connectivity index (χ4n) is 2.87. The second-order valence-corrected chi connectivity index (χ2v) is 8.04. The van der Waals surface area contributed by atoms with Crippen LogP contribution in [0.1, 0.15) is 42.1 Å². The van der Waals surface area contributed by atoms with E-state index in [9.17, 15) is 8.42 Å². The molecule has 24 heavy (non-hydrogen) atoms. The lowest BCUT2D eigenvalue weighted by Gasteiger charge is -2.34. The Bertz CT molecular complexity index is 873. The first kappa shape index (κ1) is 15.7. The number of hydrogen-bond acceptors (Lipinski definition) is 7. The zero-order valence-electron chi connectivity index (χ0n) is 13.0. The predicted molar refractivity (Wildman–Crippen MR) is 83.0 cm³/mol. The quantitative estimate of drug-likeness (QED) is 0.822. The number of nitrogens with one attached hydrogen (secondary N) is 1. The van der Waals surface area contributed by atoms with Crippen molar-refractivity contribution in [3.05, 3.63) is 41.0 Å². The van der Waals surface area contributed by atoms with Crippen molar-refractivity contribution in [1.29, 1.82) is 0 Å². The molecule has 2 aliphatic rings. The van der Waals surface area contributed by atoms with Gasteiger partial charge >= 0.3 is 0 Å². The number of nitrogens with zero attached hydrogens (tertiary/aromatic N) is 2. The molecule has 0 amide bonds. The fourth-order valence-corrected chi connectivity index (χ4v) is 3.89. The summed E-state index contributed by atoms with van der Waals surface area (Å²) in [6.45, 7) is 0.887. The van der Waals surface area contributed by atoms with Crippen LogP contribution in [0.4, 0.5) is 0 Å². The van der Waals surface area contributed by atoms with Crippen LogP contribution in [-0.4, -0.2) is 18.6 Å². The van der Waals surface area contributed by atoms with Gasteiger partial charge in [-0.2, -0.15) is 4.98 Å². The summed E-state index contributed by atoms with van der Waals surface area (Å²) in [7, 11) is -3.66. The van der Waals surface area contributed by atoms with Crippen LogP contribution in [0.25, 0.3) is 0 Å². The first-order valence-corrected chi connectivity index (χ1v) is 9.26. The number of aromatic nitrogens is 2. The Hall–Kier alpha value is -1.81. The van der Waals surface area contributed by atoms with Crippen LogP contribution in [0.5, 0.6) is 0 Å². The SMILES string of the molecule is NC1(c2noc(CNS(=O)(=O)c3ccc4c(c3)COC4)n2)CCC1. The lowest BCUT2D eigenvalue weighted by molar-refractivity contribution is 0.134. The summed E-state index contributed by atoms with van der Waals surface area (Å²) in [6, 6.07) is 4.97. The third-order valence-electron chi connectivity index (χ3n) is 4.58. The molecule has 0 bridgehead atoms. The van der Waals surface area contributed by atoms with Crippen molar-refractivity contribution in [2.45, 2.75) is 49.5 Å². The molecule has 0 saturated heterocycles. The van der Waals surface area contributed by atoms with E-state index in [2.05, 4.69) is 14.9 Å². The molecule has 0 atom stereocenters. The number of fused-ring (bicyclic) bond motifs is 1. The zero-order chi connectivity index (χ0) is 16.8. The zero-order valence-corrected chi connectivity index (χ0v) is 13.8. The minimum atomic E-state index is -3.66. The van der Waals surface area contributed by atoms with Gasteiger partial charge in [0.15, 0.2) is 5.82 Å². The Morgan fingerprint density at radius 1 is 1.25 bits per heavy atom. The molecule has 0 radical (unpaired) electrons. The van der Waals surface area contributed by atoms with Crippen LogP contribution in [0.2, 0.25) is 0 Å². The van der Waals surface area contributed by atoms with E-state index in [-0.39, 0.29) is 17.3 Å². The van der Waals surface area contributed by atoms with Crippen molar-refractivity contribution >= 4 is 10.0 Å². The normalized spacial score (nSPS) is 19.0. The molecule has 3 N–H and O–H groups in total. The van der Waals surface area contributed by atoms with Crippen molar-refractivity contribution in [3.63, 3.8) is 0 Å². The van der Waals surface area contributed by atoms with Crippen LogP contribution in [0.3, 0.4) is 0 Å². The topological polar surface area (TPSA) is 120 Å². The highest BCUT2D eigenvalue weighted by molar-refractivity contribution is 7.89. The van der Waals surface area contributed by atoms with E-state index in [0.717, 1.165) is 30.4 Å². The smallest absolute Gasteiger partial charge is 0.241 e. The first-order valence-electron chi connectivity index (χ1n) is 7.77. The van der Waals surface area contributed by atoms with Gasteiger partial charge in [0, 0.05) is 0 Å². The molecule has 128 valence electrons. The van der Waals surface area contributed by atoms with Gasteiger partial charge in [0.2, 0.25) is 15.9 Å². The standard InChI is InChI=1S/C15H18N4O4S/c16-15(4-1-5-15)14-18-13(23-19-14)7-17-24(20,21)12-3-2-10-8-22-9-11(10)6-12/h2-3,6,17H,1,4-5,7-9,16H2. The van der Waals surface area contributed by atoms with Crippen LogP contribution in [0, 0.1) is 0 Å². The number of sulfonamides is 1. The van der Waals surface area contributed by atoms with Crippen molar-refractivity contribution in [3.8, 4) is 0 Å². The largest absolute Gasteiger partial charge is 0.372 e. The van der Waals surface area contributed by atoms with Crippen molar-refractivity contribution in [1.82, 2.24) is 14.9 Å². The van der Waals surface area contributed by atoms with Crippen LogP contribution < -0.4 is 10.5 Å². The minimum absolute atomic E-state index is 0.0704. The highest BCUT2D eigenvalue weighted by atomic mass is 32.2. The lowest BCUT2D eigenvalue weighted by atomic mass is 9.77. The Labute approximate surface area is 139 Å². The Morgan fingerprint density at radius 3 is 2.79 bits per heavy atom. The Morgan fingerprint density at radius 2 is 2.04 bits per heavy atom. The summed E-state index contributed by atoms with van der Waals surface area (Å²) in [5.74, 6) is 0.646. The molecule has 4 rings (SSSR count). The van der Waals surface area contributed by atoms with Crippen LogP contribution >= 0.6 is 0 Å². The van der Waals surface area contributed by atoms with Gasteiger partial charge in [-0.15, -0.1) is 0 Å². The van der Waals surface area contributed by atoms with E-state index in [0.29, 0.717) is 19.0 Å². The predicted octanol–water partition coefficient (Wildman–Crippen LogP) is 0.916. The summed E-state index contributed by atoms with van der Waals surface area (Å²) in [4.78, 5) is 4.40. The van der Waals surface area contributed by atoms with Gasteiger partial charge < -0.3 is 15.0 Å². The molecule has 1 aliphatic carbocycles. The number of hydrogen-bond donors (Lipinski definition) is 2. The van der Waals surface area contributed by atoms with Gasteiger partial charge in [0.1, 0.15) is 0 Å². The second-order valence-electron chi connectivity index (χ2n) is 6.27. The molecule has 1 aromatic heterocycles. The van der Waals surface area contributed by atoms with Crippen molar-refractivity contribution in [2.75, 3.05) is 0 Å². The average molecular weight is 350 g/mol. The molecule has 0 spiro atoms. The molecule has 9 heteroatoms. The summed E-state index contributed by atoms with van der Waals surface area (Å²) in [6.07, 6.45) is 2.67. The molecule has 8 nitrogen and oxygen atoms in total. The highest BCUT2D eigenvalue weighted by Gasteiger charge is 2.39. The average Bonchev–Trinajstić information content (AvgIpc) is 3.19. The molecule has 1 aliphatic heterocycles. The third-order valence-corrected chi connectivity index (χ3v) is 5.97. The summed E-state index contributed by atoms with van der Waals surface area (Å²) < 4.78 is 37.7. The van der Waals surface area contributed by atoms with Gasteiger partial charge in [-0.25, -0.2) is 13.1 Å². The maximum atomic E-state index is 12.4. The van der Waals surface area contributed by atoms with E-state index in [4.69, 9.17) is 15.0 Å². The molecule has 1 fully saturated rings. The minimum Gasteiger partial charge on any atom is -0.372 e. The van der Waals surface area contributed by atoms with E-state index < -0.39 is 15.6 Å². The molecular formula is C15H18N4O4S. The summed E-state index contributed by atoms with van der Waals surface area (Å²) >= 11 is 0. The summed E-state index contributed by atoms with van der Waals surface area (Å²) in [5.41, 5.74) is 7.51. The van der Waals surface area contributed by atoms with Gasteiger partial charge in [0.05, 0.1) is 30.2 Å². The van der Waals surface area contributed by atoms with Gasteiger partial charge in [-0.1, -0.05) is 11.2 Å². The van der Waals surface area contributed by atoms with Crippen LogP contribution in [0.15, 0.2) is 27.6 Å². The Balaban J connectivity index is 1.47. The summed E-state index contributed by atoms with van der Waals surface area (Å²) in [5, 5.41) is 3.87. The first-order chi connectivity index (χ1) is 11.5. The Kier molecular flexibility index (Phi) is 3.68. The molecular weight excluding hydrogens is 332 g/mol. The number of nitrogens with two attached hydrogens (primary N) is 1.